The van der Waals surface area contributed by atoms with E-state index in [1.165, 1.54) is 23.1 Å². The average Bonchev–Trinajstić information content (AvgIpc) is 3.43. The minimum Gasteiger partial charge on any atom is -0.375 e. The Balaban J connectivity index is 1.29. The lowest BCUT2D eigenvalue weighted by molar-refractivity contribution is -0.141. The molecular weight excluding hydrogens is 472 g/mol. The molecule has 2 aliphatic rings. The van der Waals surface area contributed by atoms with Crippen LogP contribution in [0.4, 0.5) is 17.6 Å². The van der Waals surface area contributed by atoms with Crippen molar-refractivity contribution in [1.29, 1.82) is 0 Å². The molecule has 0 spiro atoms. The fourth-order valence-electron chi connectivity index (χ4n) is 4.29. The molecule has 0 aliphatic carbocycles. The lowest BCUT2D eigenvalue weighted by Crippen LogP contribution is -2.38. The smallest absolute Gasteiger partial charge is 0.375 e. The van der Waals surface area contributed by atoms with Gasteiger partial charge >= 0.3 is 6.18 Å². The fourth-order valence-corrected chi connectivity index (χ4v) is 9.17. The van der Waals surface area contributed by atoms with Crippen LogP contribution < -0.4 is 4.98 Å². The van der Waals surface area contributed by atoms with Crippen LogP contribution in [0.2, 0.25) is 11.6 Å². The number of fused-ring (bicyclic) bond motifs is 1. The molecule has 1 aromatic carbocycles. The normalized spacial score (nSPS) is 22.8. The Kier molecular flexibility index (Phi) is 4.27. The summed E-state index contributed by atoms with van der Waals surface area (Å²) in [6, 6.07) is 7.87. The molecular formula is C20H14F4N8OSi. The first-order chi connectivity index (χ1) is 16.3. The van der Waals surface area contributed by atoms with Crippen LogP contribution in [0.3, 0.4) is 0 Å². The van der Waals surface area contributed by atoms with Crippen LogP contribution >= 0.6 is 0 Å². The first kappa shape index (κ1) is 20.6. The summed E-state index contributed by atoms with van der Waals surface area (Å²) in [6.45, 7) is 0. The largest absolute Gasteiger partial charge is 0.435 e. The molecule has 1 N–H and O–H groups in total. The van der Waals surface area contributed by atoms with Gasteiger partial charge in [0.25, 0.3) is 11.9 Å². The number of halogens is 4. The minimum absolute atomic E-state index is 0.0352. The van der Waals surface area contributed by atoms with E-state index in [1.54, 1.807) is 18.5 Å². The first-order valence-corrected chi connectivity index (χ1v) is 12.6. The summed E-state index contributed by atoms with van der Waals surface area (Å²) in [5.74, 6) is -0.248. The van der Waals surface area contributed by atoms with E-state index in [4.69, 9.17) is 0 Å². The van der Waals surface area contributed by atoms with E-state index in [9.17, 15) is 22.4 Å². The molecule has 3 aromatic heterocycles. The molecule has 2 unspecified atom stereocenters. The highest BCUT2D eigenvalue weighted by molar-refractivity contribution is 7.03. The highest BCUT2D eigenvalue weighted by Gasteiger charge is 2.84. The van der Waals surface area contributed by atoms with Crippen LogP contribution in [0.5, 0.6) is 0 Å². The zero-order valence-electron chi connectivity index (χ0n) is 17.1. The maximum atomic E-state index is 13.3. The number of amides is 1. The van der Waals surface area contributed by atoms with Gasteiger partial charge in [-0.2, -0.15) is 28.1 Å². The SMILES string of the molecule is O=C(N[Si]12C[C@H]1C2c1ncnn1-c1ncccn1)c1cc(C(F)(F)F)nn1-c1ccc(F)cc1. The summed E-state index contributed by atoms with van der Waals surface area (Å²) in [5, 5.41) is 7.75. The molecule has 34 heavy (non-hydrogen) atoms. The van der Waals surface area contributed by atoms with E-state index >= 15 is 0 Å². The number of nitrogens with one attached hydrogen (secondary N) is 1. The van der Waals surface area contributed by atoms with Gasteiger partial charge in [-0.3, -0.25) is 4.79 Å². The number of alkyl halides is 3. The Morgan fingerprint density at radius 3 is 2.50 bits per heavy atom. The molecule has 0 bridgehead atoms. The molecule has 0 radical (unpaired) electrons. The van der Waals surface area contributed by atoms with Gasteiger partial charge in [-0.1, -0.05) is 0 Å². The van der Waals surface area contributed by atoms with Crippen molar-refractivity contribution < 1.29 is 22.4 Å². The molecule has 3 atom stereocenters. The lowest BCUT2D eigenvalue weighted by Gasteiger charge is -2.13. The van der Waals surface area contributed by atoms with Crippen molar-refractivity contribution in [2.45, 2.75) is 23.3 Å². The Bertz CT molecular complexity index is 1400. The second kappa shape index (κ2) is 7.03. The number of nitrogens with zero attached hydrogens (tertiary/aromatic N) is 7. The summed E-state index contributed by atoms with van der Waals surface area (Å²) < 4.78 is 55.8. The Labute approximate surface area is 189 Å². The van der Waals surface area contributed by atoms with Gasteiger partial charge in [-0.15, -0.1) is 0 Å². The van der Waals surface area contributed by atoms with E-state index in [2.05, 4.69) is 30.1 Å². The summed E-state index contributed by atoms with van der Waals surface area (Å²) in [4.78, 5) is 28.8. The third kappa shape index (κ3) is 3.20. The van der Waals surface area contributed by atoms with E-state index < -0.39 is 31.8 Å². The van der Waals surface area contributed by atoms with Crippen molar-refractivity contribution >= 4 is 14.1 Å². The third-order valence-electron chi connectivity index (χ3n) is 6.15. The van der Waals surface area contributed by atoms with Gasteiger partial charge in [0.05, 0.1) is 5.69 Å². The van der Waals surface area contributed by atoms with Gasteiger partial charge in [-0.05, 0) is 41.9 Å². The maximum absolute atomic E-state index is 13.3. The highest BCUT2D eigenvalue weighted by Crippen LogP contribution is 2.78. The Hall–Kier alpha value is -3.94. The monoisotopic (exact) mass is 486 g/mol. The molecule has 9 nitrogen and oxygen atoms in total. The summed E-state index contributed by atoms with van der Waals surface area (Å²) >= 11 is 0. The van der Waals surface area contributed by atoms with Crippen LogP contribution in [0.25, 0.3) is 11.6 Å². The van der Waals surface area contributed by atoms with Crippen molar-refractivity contribution in [3.63, 3.8) is 0 Å². The first-order valence-electron chi connectivity index (χ1n) is 10.2. The molecule has 5 heterocycles. The number of hydrogen-bond acceptors (Lipinski definition) is 6. The topological polar surface area (TPSA) is 103 Å². The predicted octanol–water partition coefficient (Wildman–Crippen LogP) is 2.80. The minimum atomic E-state index is -4.74. The molecule has 14 heteroatoms. The van der Waals surface area contributed by atoms with Crippen molar-refractivity contribution in [1.82, 2.24) is 39.5 Å². The van der Waals surface area contributed by atoms with Gasteiger partial charge in [0.1, 0.15) is 23.7 Å². The molecule has 1 amide bonds. The summed E-state index contributed by atoms with van der Waals surface area (Å²) in [5.41, 5.74) is -1.16. The molecule has 0 saturated carbocycles. The van der Waals surface area contributed by atoms with Crippen LogP contribution in [-0.2, 0) is 6.18 Å². The standard InChI is InChI=1S/C20H14F4N8OSi/c21-11-2-4-12(5-3-11)31-13(8-15(29-31)20(22,23)24)18(33)30-34-9-14(34)16(34)17-27-10-28-32(17)19-25-6-1-7-26-19/h1-8,10,14,16H,9H2,(H,30,33)/t14-,16?,34?/m0/s1. The molecule has 172 valence electrons. The molecule has 2 saturated heterocycles. The van der Waals surface area contributed by atoms with Gasteiger partial charge in [0, 0.05) is 24.0 Å². The van der Waals surface area contributed by atoms with Crippen molar-refractivity contribution in [3.8, 4) is 11.6 Å². The fraction of sp³-hybridized carbons (Fsp3) is 0.200. The van der Waals surface area contributed by atoms with Gasteiger partial charge in [-0.25, -0.2) is 24.0 Å². The number of carbonyl (C=O) groups is 1. The van der Waals surface area contributed by atoms with E-state index in [1.807, 2.05) is 0 Å². The molecule has 2 aliphatic heterocycles. The van der Waals surface area contributed by atoms with Gasteiger partial charge < -0.3 is 4.98 Å². The molecule has 4 aromatic rings. The third-order valence-corrected chi connectivity index (χ3v) is 10.7. The summed E-state index contributed by atoms with van der Waals surface area (Å²) in [6.07, 6.45) is -0.213. The maximum Gasteiger partial charge on any atom is 0.435 e. The van der Waals surface area contributed by atoms with Crippen molar-refractivity contribution in [3.05, 3.63) is 78.1 Å². The van der Waals surface area contributed by atoms with Crippen molar-refractivity contribution in [2.75, 3.05) is 0 Å². The van der Waals surface area contributed by atoms with Crippen molar-refractivity contribution in [2.24, 2.45) is 0 Å². The van der Waals surface area contributed by atoms with E-state index in [-0.39, 0.29) is 22.5 Å². The molecule has 6 rings (SSSR count). The quantitative estimate of drug-likeness (QED) is 0.344. The van der Waals surface area contributed by atoms with Crippen LogP contribution in [0.15, 0.2) is 55.1 Å². The second-order valence-corrected chi connectivity index (χ2v) is 12.3. The lowest BCUT2D eigenvalue weighted by atomic mass is 10.3. The predicted molar refractivity (Wildman–Crippen MR) is 110 cm³/mol. The zero-order chi connectivity index (χ0) is 23.7. The number of benzene rings is 1. The number of carbonyl (C=O) groups excluding carboxylic acids is 1. The number of hydrogen-bond donors (Lipinski definition) is 1. The Morgan fingerprint density at radius 2 is 1.82 bits per heavy atom. The number of rotatable bonds is 5. The second-order valence-electron chi connectivity index (χ2n) is 8.16. The van der Waals surface area contributed by atoms with Crippen LogP contribution in [0, 0.1) is 5.82 Å². The Morgan fingerprint density at radius 1 is 1.09 bits per heavy atom. The number of aromatic nitrogens is 7. The molecule has 2 fully saturated rings. The zero-order valence-corrected chi connectivity index (χ0v) is 18.1. The van der Waals surface area contributed by atoms with E-state index in [0.717, 1.165) is 22.9 Å². The van der Waals surface area contributed by atoms with E-state index in [0.29, 0.717) is 17.8 Å². The summed E-state index contributed by atoms with van der Waals surface area (Å²) in [7, 11) is -2.31. The van der Waals surface area contributed by atoms with Gasteiger partial charge in [0.15, 0.2) is 13.9 Å². The van der Waals surface area contributed by atoms with Crippen LogP contribution in [0.1, 0.15) is 27.5 Å². The van der Waals surface area contributed by atoms with Gasteiger partial charge in [0.2, 0.25) is 0 Å². The van der Waals surface area contributed by atoms with Crippen LogP contribution in [-0.4, -0.2) is 48.7 Å². The highest BCUT2D eigenvalue weighted by atomic mass is 28.4. The average molecular weight is 486 g/mol.